The van der Waals surface area contributed by atoms with Crippen LogP contribution in [-0.4, -0.2) is 27.6 Å². The van der Waals surface area contributed by atoms with Crippen molar-refractivity contribution in [3.8, 4) is 11.5 Å². The zero-order valence-corrected chi connectivity index (χ0v) is 12.8. The summed E-state index contributed by atoms with van der Waals surface area (Å²) in [6, 6.07) is 4.28. The van der Waals surface area contributed by atoms with Crippen molar-refractivity contribution in [2.45, 2.75) is 5.51 Å². The molecule has 1 aromatic carbocycles. The summed E-state index contributed by atoms with van der Waals surface area (Å²) in [6.45, 7) is -0.151. The normalized spacial score (nSPS) is 15.3. The molecular formula is C11H8BrF3O5S. The maximum Gasteiger partial charge on any atom is 0.534 e. The molecule has 0 atom stereocenters. The zero-order valence-electron chi connectivity index (χ0n) is 10.4. The number of fused-ring (bicyclic) bond motifs is 1. The molecule has 0 aromatic heterocycles. The quantitative estimate of drug-likeness (QED) is 0.588. The second-order valence-electron chi connectivity index (χ2n) is 3.87. The fraction of sp³-hybridized carbons (Fsp3) is 0.273. The standard InChI is InChI=1S/C11H8BrF3O5S/c1-18-6-2-3-9-7(4-6)10(8(12)5-19-9)20-21(16,17)11(13,14)15/h2-4H,5H2,1H3. The highest BCUT2D eigenvalue weighted by atomic mass is 79.9. The molecule has 0 radical (unpaired) electrons. The van der Waals surface area contributed by atoms with Gasteiger partial charge in [0.1, 0.15) is 18.1 Å². The van der Waals surface area contributed by atoms with Crippen molar-refractivity contribution in [1.29, 1.82) is 0 Å². The van der Waals surface area contributed by atoms with E-state index >= 15 is 0 Å². The molecule has 10 heteroatoms. The fourth-order valence-corrected chi connectivity index (χ4v) is 2.56. The molecule has 1 aliphatic rings. The van der Waals surface area contributed by atoms with Gasteiger partial charge < -0.3 is 13.7 Å². The first-order valence-corrected chi connectivity index (χ1v) is 7.56. The van der Waals surface area contributed by atoms with Gasteiger partial charge >= 0.3 is 15.6 Å². The minimum absolute atomic E-state index is 0.0380. The monoisotopic (exact) mass is 388 g/mol. The van der Waals surface area contributed by atoms with E-state index in [0.717, 1.165) is 0 Å². The van der Waals surface area contributed by atoms with Crippen LogP contribution < -0.4 is 9.47 Å². The lowest BCUT2D eigenvalue weighted by atomic mass is 10.1. The zero-order chi connectivity index (χ0) is 15.8. The molecule has 0 saturated heterocycles. The third-order valence-electron chi connectivity index (χ3n) is 2.51. The third kappa shape index (κ3) is 3.10. The maximum absolute atomic E-state index is 12.4. The molecule has 0 aliphatic carbocycles. The van der Waals surface area contributed by atoms with Gasteiger partial charge in [-0.1, -0.05) is 0 Å². The smallest absolute Gasteiger partial charge is 0.497 e. The van der Waals surface area contributed by atoms with Gasteiger partial charge in [0, 0.05) is 0 Å². The number of hydrogen-bond acceptors (Lipinski definition) is 5. The lowest BCUT2D eigenvalue weighted by Crippen LogP contribution is -2.26. The van der Waals surface area contributed by atoms with Crippen molar-refractivity contribution in [2.75, 3.05) is 13.7 Å². The van der Waals surface area contributed by atoms with E-state index in [2.05, 4.69) is 20.1 Å². The van der Waals surface area contributed by atoms with Crippen molar-refractivity contribution in [1.82, 2.24) is 0 Å². The minimum Gasteiger partial charge on any atom is -0.497 e. The van der Waals surface area contributed by atoms with Gasteiger partial charge in [-0.3, -0.25) is 0 Å². The highest BCUT2D eigenvalue weighted by molar-refractivity contribution is 9.11. The van der Waals surface area contributed by atoms with Crippen molar-refractivity contribution >= 4 is 31.8 Å². The molecule has 1 aromatic rings. The lowest BCUT2D eigenvalue weighted by Gasteiger charge is -2.22. The predicted octanol–water partition coefficient (Wildman–Crippen LogP) is 3.02. The summed E-state index contributed by atoms with van der Waals surface area (Å²) in [5.41, 5.74) is -5.48. The van der Waals surface area contributed by atoms with Crippen molar-refractivity contribution in [3.63, 3.8) is 0 Å². The molecule has 21 heavy (non-hydrogen) atoms. The van der Waals surface area contributed by atoms with Crippen LogP contribution in [0, 0.1) is 0 Å². The van der Waals surface area contributed by atoms with Crippen LogP contribution in [0.15, 0.2) is 22.7 Å². The summed E-state index contributed by atoms with van der Waals surface area (Å²) in [5, 5.41) is 0. The highest BCUT2D eigenvalue weighted by Gasteiger charge is 2.49. The van der Waals surface area contributed by atoms with E-state index < -0.39 is 21.4 Å². The number of hydrogen-bond donors (Lipinski definition) is 0. The minimum atomic E-state index is -5.78. The summed E-state index contributed by atoms with van der Waals surface area (Å²) in [7, 11) is -4.42. The molecule has 2 rings (SSSR count). The van der Waals surface area contributed by atoms with Crippen LogP contribution in [0.4, 0.5) is 13.2 Å². The van der Waals surface area contributed by atoms with Crippen LogP contribution in [0.1, 0.15) is 5.56 Å². The first kappa shape index (κ1) is 16.0. The van der Waals surface area contributed by atoms with Gasteiger partial charge in [0.25, 0.3) is 0 Å². The van der Waals surface area contributed by atoms with Gasteiger partial charge in [-0.2, -0.15) is 21.6 Å². The molecule has 5 nitrogen and oxygen atoms in total. The molecule has 1 aliphatic heterocycles. The van der Waals surface area contributed by atoms with E-state index in [1.807, 2.05) is 0 Å². The predicted molar refractivity (Wildman–Crippen MR) is 70.4 cm³/mol. The van der Waals surface area contributed by atoms with Gasteiger partial charge in [0.2, 0.25) is 0 Å². The van der Waals surface area contributed by atoms with Gasteiger partial charge in [0.15, 0.2) is 5.76 Å². The molecule has 0 spiro atoms. The summed E-state index contributed by atoms with van der Waals surface area (Å²) < 4.78 is 74.1. The number of halogens is 4. The molecule has 0 saturated carbocycles. The highest BCUT2D eigenvalue weighted by Crippen LogP contribution is 2.40. The molecule has 0 bridgehead atoms. The van der Waals surface area contributed by atoms with E-state index in [1.165, 1.54) is 25.3 Å². The van der Waals surface area contributed by atoms with Crippen molar-refractivity contribution in [3.05, 3.63) is 28.2 Å². The Hall–Kier alpha value is -1.42. The Balaban J connectivity index is 2.49. The van der Waals surface area contributed by atoms with Crippen LogP contribution in [0.3, 0.4) is 0 Å². The Morgan fingerprint density at radius 3 is 2.57 bits per heavy atom. The second-order valence-corrected chi connectivity index (χ2v) is 6.36. The van der Waals surface area contributed by atoms with Gasteiger partial charge in [-0.15, -0.1) is 0 Å². The summed E-state index contributed by atoms with van der Waals surface area (Å²) >= 11 is 2.95. The Morgan fingerprint density at radius 1 is 1.33 bits per heavy atom. The largest absolute Gasteiger partial charge is 0.534 e. The molecule has 1 heterocycles. The Kier molecular flexibility index (Phi) is 4.11. The number of ether oxygens (including phenoxy) is 2. The number of alkyl halides is 3. The fourth-order valence-electron chi connectivity index (χ4n) is 1.54. The molecule has 0 N–H and O–H groups in total. The van der Waals surface area contributed by atoms with E-state index in [4.69, 9.17) is 9.47 Å². The molecule has 0 amide bonds. The summed E-state index contributed by atoms with van der Waals surface area (Å²) in [5.74, 6) is 0.0175. The van der Waals surface area contributed by atoms with Crippen LogP contribution in [0.5, 0.6) is 11.5 Å². The van der Waals surface area contributed by atoms with Crippen LogP contribution >= 0.6 is 15.9 Å². The van der Waals surface area contributed by atoms with Crippen LogP contribution in [0.25, 0.3) is 5.76 Å². The van der Waals surface area contributed by atoms with E-state index in [-0.39, 0.29) is 22.4 Å². The Bertz CT molecular complexity index is 696. The first-order chi connectivity index (χ1) is 9.65. The maximum atomic E-state index is 12.4. The SMILES string of the molecule is COc1ccc2c(c1)C(OS(=O)(=O)C(F)(F)F)=C(Br)CO2. The van der Waals surface area contributed by atoms with Gasteiger partial charge in [-0.05, 0) is 34.1 Å². The number of benzene rings is 1. The van der Waals surface area contributed by atoms with E-state index in [1.54, 1.807) is 0 Å². The topological polar surface area (TPSA) is 61.8 Å². The molecule has 0 fully saturated rings. The van der Waals surface area contributed by atoms with Gasteiger partial charge in [-0.25, -0.2) is 0 Å². The van der Waals surface area contributed by atoms with Crippen LogP contribution in [0.2, 0.25) is 0 Å². The number of rotatable bonds is 3. The van der Waals surface area contributed by atoms with Crippen molar-refractivity contribution in [2.24, 2.45) is 0 Å². The average molecular weight is 389 g/mol. The van der Waals surface area contributed by atoms with Crippen LogP contribution in [-0.2, 0) is 14.3 Å². The second kappa shape index (κ2) is 5.41. The molecule has 116 valence electrons. The Morgan fingerprint density at radius 2 is 2.00 bits per heavy atom. The van der Waals surface area contributed by atoms with E-state index in [9.17, 15) is 21.6 Å². The number of methoxy groups -OCH3 is 1. The molecule has 0 unspecified atom stereocenters. The lowest BCUT2D eigenvalue weighted by molar-refractivity contribution is -0.0509. The average Bonchev–Trinajstić information content (AvgIpc) is 2.40. The summed E-state index contributed by atoms with van der Waals surface area (Å²) in [6.07, 6.45) is 0. The third-order valence-corrected chi connectivity index (χ3v) is 4.05. The van der Waals surface area contributed by atoms with Gasteiger partial charge in [0.05, 0.1) is 17.2 Å². The summed E-state index contributed by atoms with van der Waals surface area (Å²) in [4.78, 5) is 0. The first-order valence-electron chi connectivity index (χ1n) is 5.36. The van der Waals surface area contributed by atoms with E-state index in [0.29, 0.717) is 5.75 Å². The van der Waals surface area contributed by atoms with Crippen molar-refractivity contribution < 1.29 is 35.2 Å². The Labute approximate surface area is 126 Å². The molecular weight excluding hydrogens is 381 g/mol.